The molecule has 1 aliphatic carbocycles. The first kappa shape index (κ1) is 9.27. The highest BCUT2D eigenvalue weighted by molar-refractivity contribution is 5.22. The molecule has 0 spiro atoms. The molecule has 0 saturated heterocycles. The number of hydrogen-bond acceptors (Lipinski definition) is 4. The third kappa shape index (κ3) is 1.96. The van der Waals surface area contributed by atoms with Gasteiger partial charge in [0.25, 0.3) is 0 Å². The van der Waals surface area contributed by atoms with Gasteiger partial charge < -0.3 is 15.2 Å². The van der Waals surface area contributed by atoms with Crippen molar-refractivity contribution in [3.05, 3.63) is 18.3 Å². The lowest BCUT2D eigenvalue weighted by Gasteiger charge is -2.32. The molecule has 76 valence electrons. The van der Waals surface area contributed by atoms with Gasteiger partial charge in [-0.15, -0.1) is 0 Å². The van der Waals surface area contributed by atoms with E-state index in [1.54, 1.807) is 13.3 Å². The summed E-state index contributed by atoms with van der Waals surface area (Å²) in [5.41, 5.74) is 5.65. The number of aromatic nitrogens is 1. The van der Waals surface area contributed by atoms with E-state index in [2.05, 4.69) is 4.98 Å². The molecule has 1 heterocycles. The maximum absolute atomic E-state index is 5.65. The van der Waals surface area contributed by atoms with Gasteiger partial charge in [-0.3, -0.25) is 0 Å². The molecule has 1 fully saturated rings. The predicted octanol–water partition coefficient (Wildman–Crippen LogP) is 0.959. The fraction of sp³-hybridized carbons (Fsp3) is 0.500. The average molecular weight is 194 g/mol. The van der Waals surface area contributed by atoms with Crippen molar-refractivity contribution in [2.75, 3.05) is 7.11 Å². The molecular weight excluding hydrogens is 180 g/mol. The van der Waals surface area contributed by atoms with Gasteiger partial charge in [0, 0.05) is 12.1 Å². The Balaban J connectivity index is 1.90. The third-order valence-corrected chi connectivity index (χ3v) is 2.36. The van der Waals surface area contributed by atoms with Gasteiger partial charge >= 0.3 is 0 Å². The lowest BCUT2D eigenvalue weighted by Crippen LogP contribution is -2.43. The van der Waals surface area contributed by atoms with Crippen LogP contribution in [0.3, 0.4) is 0 Å². The molecule has 1 aromatic rings. The highest BCUT2D eigenvalue weighted by Crippen LogP contribution is 2.23. The molecule has 0 amide bonds. The van der Waals surface area contributed by atoms with Crippen molar-refractivity contribution < 1.29 is 9.47 Å². The van der Waals surface area contributed by atoms with Crippen molar-refractivity contribution in [2.45, 2.75) is 25.0 Å². The van der Waals surface area contributed by atoms with E-state index < -0.39 is 0 Å². The van der Waals surface area contributed by atoms with Crippen molar-refractivity contribution in [1.82, 2.24) is 4.98 Å². The van der Waals surface area contributed by atoms with Gasteiger partial charge in [0.15, 0.2) is 0 Å². The number of rotatable bonds is 3. The van der Waals surface area contributed by atoms with Crippen molar-refractivity contribution in [2.24, 2.45) is 5.73 Å². The minimum Gasteiger partial charge on any atom is -0.495 e. The van der Waals surface area contributed by atoms with E-state index in [0.717, 1.165) is 18.6 Å². The van der Waals surface area contributed by atoms with Gasteiger partial charge in [-0.05, 0) is 18.9 Å². The summed E-state index contributed by atoms with van der Waals surface area (Å²) in [6, 6.07) is 3.95. The monoisotopic (exact) mass is 194 g/mol. The smallest absolute Gasteiger partial charge is 0.213 e. The molecule has 1 aliphatic rings. The molecule has 1 saturated carbocycles. The molecular formula is C10H14N2O2. The molecule has 14 heavy (non-hydrogen) atoms. The van der Waals surface area contributed by atoms with E-state index in [0.29, 0.717) is 11.9 Å². The molecule has 4 nitrogen and oxygen atoms in total. The van der Waals surface area contributed by atoms with E-state index in [9.17, 15) is 0 Å². The SMILES string of the molecule is COc1ccc(O[C@H]2C[C@@H](N)C2)nc1. The van der Waals surface area contributed by atoms with Gasteiger partial charge in [-0.2, -0.15) is 0 Å². The largest absolute Gasteiger partial charge is 0.495 e. The lowest BCUT2D eigenvalue weighted by atomic mass is 9.90. The minimum absolute atomic E-state index is 0.242. The zero-order valence-corrected chi connectivity index (χ0v) is 8.14. The van der Waals surface area contributed by atoms with Gasteiger partial charge in [0.2, 0.25) is 5.88 Å². The van der Waals surface area contributed by atoms with Crippen LogP contribution < -0.4 is 15.2 Å². The molecule has 2 N–H and O–H groups in total. The molecule has 0 unspecified atom stereocenters. The highest BCUT2D eigenvalue weighted by atomic mass is 16.5. The molecule has 0 radical (unpaired) electrons. The summed E-state index contributed by atoms with van der Waals surface area (Å²) in [4.78, 5) is 4.11. The summed E-state index contributed by atoms with van der Waals surface area (Å²) in [6.07, 6.45) is 3.74. The van der Waals surface area contributed by atoms with Crippen LogP contribution in [0, 0.1) is 0 Å². The Morgan fingerprint density at radius 3 is 2.71 bits per heavy atom. The first-order valence-corrected chi connectivity index (χ1v) is 4.70. The van der Waals surface area contributed by atoms with Crippen LogP contribution in [0.2, 0.25) is 0 Å². The zero-order valence-electron chi connectivity index (χ0n) is 8.14. The second-order valence-electron chi connectivity index (χ2n) is 3.51. The predicted molar refractivity (Wildman–Crippen MR) is 52.4 cm³/mol. The summed E-state index contributed by atoms with van der Waals surface area (Å²) in [5, 5.41) is 0. The van der Waals surface area contributed by atoms with Crippen LogP contribution in [0.15, 0.2) is 18.3 Å². The Bertz CT molecular complexity index is 293. The lowest BCUT2D eigenvalue weighted by molar-refractivity contribution is 0.0957. The molecule has 0 aromatic carbocycles. The van der Waals surface area contributed by atoms with Gasteiger partial charge in [-0.1, -0.05) is 0 Å². The van der Waals surface area contributed by atoms with E-state index >= 15 is 0 Å². The van der Waals surface area contributed by atoms with Gasteiger partial charge in [0.1, 0.15) is 11.9 Å². The minimum atomic E-state index is 0.242. The normalized spacial score (nSPS) is 25.3. The number of nitrogens with zero attached hydrogens (tertiary/aromatic N) is 1. The summed E-state index contributed by atoms with van der Waals surface area (Å²) < 4.78 is 10.6. The number of methoxy groups -OCH3 is 1. The van der Waals surface area contributed by atoms with Crippen LogP contribution in [0.1, 0.15) is 12.8 Å². The van der Waals surface area contributed by atoms with E-state index in [-0.39, 0.29) is 6.10 Å². The Kier molecular flexibility index (Phi) is 2.54. The fourth-order valence-electron chi connectivity index (χ4n) is 1.43. The zero-order chi connectivity index (χ0) is 9.97. The molecule has 4 heteroatoms. The number of ether oxygens (including phenoxy) is 2. The molecule has 0 atom stereocenters. The number of pyridine rings is 1. The van der Waals surface area contributed by atoms with Gasteiger partial charge in [0.05, 0.1) is 13.3 Å². The summed E-state index contributed by atoms with van der Waals surface area (Å²) in [6.45, 7) is 0. The number of nitrogens with two attached hydrogens (primary N) is 1. The Labute approximate surface area is 83.0 Å². The van der Waals surface area contributed by atoms with Gasteiger partial charge in [-0.25, -0.2) is 4.98 Å². The van der Waals surface area contributed by atoms with E-state index in [4.69, 9.17) is 15.2 Å². The quantitative estimate of drug-likeness (QED) is 0.778. The van der Waals surface area contributed by atoms with E-state index in [1.807, 2.05) is 12.1 Å². The van der Waals surface area contributed by atoms with Crippen LogP contribution in [0.25, 0.3) is 0 Å². The van der Waals surface area contributed by atoms with Crippen LogP contribution in [0.4, 0.5) is 0 Å². The van der Waals surface area contributed by atoms with Crippen LogP contribution in [-0.2, 0) is 0 Å². The fourth-order valence-corrected chi connectivity index (χ4v) is 1.43. The van der Waals surface area contributed by atoms with Crippen molar-refractivity contribution in [3.8, 4) is 11.6 Å². The topological polar surface area (TPSA) is 57.4 Å². The standard InChI is InChI=1S/C10H14N2O2/c1-13-8-2-3-10(12-6-8)14-9-4-7(11)5-9/h2-3,6-7,9H,4-5,11H2,1H3/t7-,9+. The first-order valence-electron chi connectivity index (χ1n) is 4.70. The molecule has 1 aromatic heterocycles. The molecule has 0 bridgehead atoms. The first-order chi connectivity index (χ1) is 6.78. The van der Waals surface area contributed by atoms with E-state index in [1.165, 1.54) is 0 Å². The Morgan fingerprint density at radius 1 is 1.43 bits per heavy atom. The maximum atomic E-state index is 5.65. The van der Waals surface area contributed by atoms with Crippen LogP contribution >= 0.6 is 0 Å². The van der Waals surface area contributed by atoms with Crippen LogP contribution in [-0.4, -0.2) is 24.2 Å². The summed E-state index contributed by atoms with van der Waals surface area (Å²) in [7, 11) is 1.61. The summed E-state index contributed by atoms with van der Waals surface area (Å²) >= 11 is 0. The van der Waals surface area contributed by atoms with Crippen molar-refractivity contribution >= 4 is 0 Å². The Hall–Kier alpha value is -1.29. The summed E-state index contributed by atoms with van der Waals surface area (Å²) in [5.74, 6) is 1.38. The average Bonchev–Trinajstić information content (AvgIpc) is 2.17. The Morgan fingerprint density at radius 2 is 2.21 bits per heavy atom. The maximum Gasteiger partial charge on any atom is 0.213 e. The highest BCUT2D eigenvalue weighted by Gasteiger charge is 2.27. The second-order valence-corrected chi connectivity index (χ2v) is 3.51. The second kappa shape index (κ2) is 3.84. The van der Waals surface area contributed by atoms with Crippen LogP contribution in [0.5, 0.6) is 11.6 Å². The van der Waals surface area contributed by atoms with Crippen molar-refractivity contribution in [3.63, 3.8) is 0 Å². The molecule has 2 rings (SSSR count). The number of hydrogen-bond donors (Lipinski definition) is 1. The third-order valence-electron chi connectivity index (χ3n) is 2.36. The molecule has 0 aliphatic heterocycles. The van der Waals surface area contributed by atoms with Crippen molar-refractivity contribution in [1.29, 1.82) is 0 Å².